The lowest BCUT2D eigenvalue weighted by atomic mass is 10.1. The summed E-state index contributed by atoms with van der Waals surface area (Å²) in [4.78, 5) is 12.5. The van der Waals surface area contributed by atoms with Crippen molar-refractivity contribution >= 4 is 23.4 Å². The van der Waals surface area contributed by atoms with Crippen LogP contribution < -0.4 is 5.32 Å². The fraction of sp³-hybridized carbons (Fsp3) is 0.263. The monoisotopic (exact) mass is 385 g/mol. The highest BCUT2D eigenvalue weighted by Gasteiger charge is 2.21. The van der Waals surface area contributed by atoms with Gasteiger partial charge in [-0.15, -0.1) is 5.10 Å². The third-order valence-corrected chi connectivity index (χ3v) is 5.22. The number of anilines is 1. The van der Waals surface area contributed by atoms with Crippen LogP contribution in [0.4, 0.5) is 10.1 Å². The number of amides is 1. The van der Waals surface area contributed by atoms with Gasteiger partial charge in [0.25, 0.3) is 0 Å². The molecule has 27 heavy (non-hydrogen) atoms. The van der Waals surface area contributed by atoms with Gasteiger partial charge in [0, 0.05) is 5.69 Å². The second kappa shape index (κ2) is 7.87. The van der Waals surface area contributed by atoms with Crippen LogP contribution in [0.3, 0.4) is 0 Å². The first-order valence-corrected chi connectivity index (χ1v) is 9.33. The van der Waals surface area contributed by atoms with E-state index in [4.69, 9.17) is 0 Å². The smallest absolute Gasteiger partial charge is 0.237 e. The molecule has 6 nitrogen and oxygen atoms in total. The van der Waals surface area contributed by atoms with Crippen LogP contribution in [0.2, 0.25) is 0 Å². The summed E-state index contributed by atoms with van der Waals surface area (Å²) in [5, 5.41) is 14.7. The zero-order valence-electron chi connectivity index (χ0n) is 15.5. The number of nitrogens with zero attached hydrogens (tertiary/aromatic N) is 4. The minimum Gasteiger partial charge on any atom is -0.325 e. The number of carbonyl (C=O) groups is 1. The van der Waals surface area contributed by atoms with Gasteiger partial charge in [-0.2, -0.15) is 4.68 Å². The molecule has 1 amide bonds. The number of thioether (sulfide) groups is 1. The van der Waals surface area contributed by atoms with Crippen molar-refractivity contribution in [2.75, 3.05) is 5.32 Å². The van der Waals surface area contributed by atoms with Crippen LogP contribution >= 0.6 is 11.8 Å². The van der Waals surface area contributed by atoms with Crippen molar-refractivity contribution in [1.82, 2.24) is 20.2 Å². The molecular formula is C19H20FN5OS. The van der Waals surface area contributed by atoms with Crippen molar-refractivity contribution in [3.8, 4) is 5.69 Å². The van der Waals surface area contributed by atoms with Crippen molar-refractivity contribution in [3.05, 3.63) is 58.9 Å². The van der Waals surface area contributed by atoms with Crippen LogP contribution in [0.5, 0.6) is 0 Å². The number of carbonyl (C=O) groups excluding carboxylic acids is 1. The molecule has 0 radical (unpaired) electrons. The molecule has 0 spiro atoms. The maximum Gasteiger partial charge on any atom is 0.237 e. The lowest BCUT2D eigenvalue weighted by Gasteiger charge is -2.14. The van der Waals surface area contributed by atoms with E-state index in [-0.39, 0.29) is 11.7 Å². The van der Waals surface area contributed by atoms with Gasteiger partial charge in [0.2, 0.25) is 11.1 Å². The maximum absolute atomic E-state index is 13.7. The number of aromatic nitrogens is 4. The molecule has 2 aromatic carbocycles. The second-order valence-electron chi connectivity index (χ2n) is 6.33. The van der Waals surface area contributed by atoms with Crippen molar-refractivity contribution in [2.24, 2.45) is 0 Å². The van der Waals surface area contributed by atoms with Gasteiger partial charge in [-0.05, 0) is 66.9 Å². The molecule has 0 saturated heterocycles. The Morgan fingerprint density at radius 2 is 1.85 bits per heavy atom. The summed E-state index contributed by atoms with van der Waals surface area (Å²) in [6, 6.07) is 10.6. The number of nitrogens with one attached hydrogen (secondary N) is 1. The molecule has 0 bridgehead atoms. The first kappa shape index (κ1) is 19.0. The normalized spacial score (nSPS) is 12.0. The van der Waals surface area contributed by atoms with Crippen LogP contribution in [0, 0.1) is 26.6 Å². The van der Waals surface area contributed by atoms with Crippen LogP contribution in [0.15, 0.2) is 41.6 Å². The molecule has 1 heterocycles. The molecule has 0 fully saturated rings. The number of para-hydroxylation sites is 1. The van der Waals surface area contributed by atoms with Crippen LogP contribution in [-0.4, -0.2) is 31.4 Å². The third kappa shape index (κ3) is 4.16. The number of rotatable bonds is 5. The number of hydrogen-bond donors (Lipinski definition) is 1. The van der Waals surface area contributed by atoms with Gasteiger partial charge in [0.1, 0.15) is 5.82 Å². The fourth-order valence-electron chi connectivity index (χ4n) is 2.66. The van der Waals surface area contributed by atoms with Gasteiger partial charge in [0.15, 0.2) is 0 Å². The van der Waals surface area contributed by atoms with Crippen LogP contribution in [0.25, 0.3) is 5.69 Å². The second-order valence-corrected chi connectivity index (χ2v) is 7.63. The molecule has 0 saturated carbocycles. The van der Waals surface area contributed by atoms with Gasteiger partial charge in [-0.1, -0.05) is 36.0 Å². The van der Waals surface area contributed by atoms with E-state index in [0.717, 1.165) is 16.8 Å². The van der Waals surface area contributed by atoms with Gasteiger partial charge in [0.05, 0.1) is 10.9 Å². The third-order valence-electron chi connectivity index (χ3n) is 4.18. The highest BCUT2D eigenvalue weighted by Crippen LogP contribution is 2.27. The lowest BCUT2D eigenvalue weighted by molar-refractivity contribution is -0.115. The Kier molecular flexibility index (Phi) is 5.55. The van der Waals surface area contributed by atoms with Crippen molar-refractivity contribution < 1.29 is 9.18 Å². The average molecular weight is 385 g/mol. The molecule has 8 heteroatoms. The predicted molar refractivity (Wildman–Crippen MR) is 104 cm³/mol. The summed E-state index contributed by atoms with van der Waals surface area (Å²) in [7, 11) is 0. The van der Waals surface area contributed by atoms with E-state index >= 15 is 0 Å². The molecule has 3 rings (SSSR count). The first-order chi connectivity index (χ1) is 12.9. The van der Waals surface area contributed by atoms with E-state index in [0.29, 0.717) is 16.4 Å². The highest BCUT2D eigenvalue weighted by atomic mass is 32.2. The minimum atomic E-state index is -0.469. The van der Waals surface area contributed by atoms with E-state index in [1.807, 2.05) is 32.0 Å². The Morgan fingerprint density at radius 1 is 1.15 bits per heavy atom. The molecule has 0 unspecified atom stereocenters. The zero-order valence-corrected chi connectivity index (χ0v) is 16.3. The Hall–Kier alpha value is -2.74. The Labute approximate surface area is 161 Å². The summed E-state index contributed by atoms with van der Waals surface area (Å²) in [5.74, 6) is -0.605. The maximum atomic E-state index is 13.7. The van der Waals surface area contributed by atoms with E-state index in [9.17, 15) is 9.18 Å². The van der Waals surface area contributed by atoms with Gasteiger partial charge >= 0.3 is 0 Å². The summed E-state index contributed by atoms with van der Waals surface area (Å²) in [6.45, 7) is 7.40. The van der Waals surface area contributed by atoms with Gasteiger partial charge < -0.3 is 5.32 Å². The van der Waals surface area contributed by atoms with Crippen LogP contribution in [-0.2, 0) is 4.79 Å². The molecule has 140 valence electrons. The van der Waals surface area contributed by atoms with Crippen molar-refractivity contribution in [2.45, 2.75) is 38.1 Å². The zero-order chi connectivity index (χ0) is 19.6. The molecule has 1 N–H and O–H groups in total. The topological polar surface area (TPSA) is 72.7 Å². The first-order valence-electron chi connectivity index (χ1n) is 8.45. The van der Waals surface area contributed by atoms with E-state index in [2.05, 4.69) is 20.8 Å². The van der Waals surface area contributed by atoms with Crippen LogP contribution in [0.1, 0.15) is 23.6 Å². The van der Waals surface area contributed by atoms with Crippen molar-refractivity contribution in [1.29, 1.82) is 0 Å². The fourth-order valence-corrected chi connectivity index (χ4v) is 3.45. The van der Waals surface area contributed by atoms with E-state index in [1.165, 1.54) is 17.8 Å². The molecule has 0 aliphatic rings. The number of tetrazole rings is 1. The molecule has 1 aromatic heterocycles. The predicted octanol–water partition coefficient (Wildman–Crippen LogP) is 3.85. The molecule has 1 atom stereocenters. The molecule has 3 aromatic rings. The molecule has 0 aliphatic carbocycles. The molecule has 0 aliphatic heterocycles. The Morgan fingerprint density at radius 3 is 2.52 bits per heavy atom. The number of aryl methyl sites for hydroxylation is 3. The summed E-state index contributed by atoms with van der Waals surface area (Å²) in [5.41, 5.74) is 3.93. The van der Waals surface area contributed by atoms with Crippen molar-refractivity contribution in [3.63, 3.8) is 0 Å². The van der Waals surface area contributed by atoms with E-state index in [1.54, 1.807) is 30.7 Å². The largest absolute Gasteiger partial charge is 0.325 e. The lowest BCUT2D eigenvalue weighted by Crippen LogP contribution is -2.23. The summed E-state index contributed by atoms with van der Waals surface area (Å²) < 4.78 is 15.3. The number of halogens is 1. The summed E-state index contributed by atoms with van der Waals surface area (Å²) >= 11 is 1.24. The molecular weight excluding hydrogens is 365 g/mol. The SMILES string of the molecule is Cc1ccc(NC(=O)[C@@H](C)Sc2nnnn2-c2c(C)cccc2C)cc1F. The minimum absolute atomic E-state index is 0.251. The number of hydrogen-bond acceptors (Lipinski definition) is 5. The van der Waals surface area contributed by atoms with E-state index < -0.39 is 5.25 Å². The quantitative estimate of drug-likeness (QED) is 0.676. The van der Waals surface area contributed by atoms with Gasteiger partial charge in [-0.3, -0.25) is 4.79 Å². The average Bonchev–Trinajstić information content (AvgIpc) is 3.06. The highest BCUT2D eigenvalue weighted by molar-refractivity contribution is 8.00. The van der Waals surface area contributed by atoms with Gasteiger partial charge in [-0.25, -0.2) is 4.39 Å². The Bertz CT molecular complexity index is 968. The number of benzene rings is 2. The standard InChI is InChI=1S/C19H20FN5OS/c1-11-8-9-15(10-16(11)20)21-18(26)14(4)27-19-22-23-24-25(19)17-12(2)6-5-7-13(17)3/h5-10,14H,1-4H3,(H,21,26)/t14-/m1/s1. The Balaban J connectivity index is 1.77. The summed E-state index contributed by atoms with van der Waals surface area (Å²) in [6.07, 6.45) is 0.